The number of ether oxygens (including phenoxy) is 2. The molecule has 0 saturated carbocycles. The Labute approximate surface area is 122 Å². The maximum absolute atomic E-state index is 12.2. The SMILES string of the molecule is CCOc1cc(C(=O)Nc2ncccc2O)ccc1OC. The zero-order valence-electron chi connectivity index (χ0n) is 11.8. The summed E-state index contributed by atoms with van der Waals surface area (Å²) in [6.07, 6.45) is 1.48. The molecule has 110 valence electrons. The summed E-state index contributed by atoms with van der Waals surface area (Å²) in [6, 6.07) is 7.86. The highest BCUT2D eigenvalue weighted by Crippen LogP contribution is 2.28. The van der Waals surface area contributed by atoms with Crippen molar-refractivity contribution in [2.24, 2.45) is 0 Å². The molecule has 6 nitrogen and oxygen atoms in total. The molecule has 21 heavy (non-hydrogen) atoms. The van der Waals surface area contributed by atoms with Crippen LogP contribution in [0.1, 0.15) is 17.3 Å². The Morgan fingerprint density at radius 3 is 2.81 bits per heavy atom. The second kappa shape index (κ2) is 6.60. The number of carbonyl (C=O) groups excluding carboxylic acids is 1. The fraction of sp³-hybridized carbons (Fsp3) is 0.200. The number of aromatic nitrogens is 1. The van der Waals surface area contributed by atoms with Crippen molar-refractivity contribution < 1.29 is 19.4 Å². The second-order valence-corrected chi connectivity index (χ2v) is 4.12. The summed E-state index contributed by atoms with van der Waals surface area (Å²) < 4.78 is 10.6. The van der Waals surface area contributed by atoms with E-state index in [4.69, 9.17) is 9.47 Å². The van der Waals surface area contributed by atoms with Crippen LogP contribution >= 0.6 is 0 Å². The van der Waals surface area contributed by atoms with Gasteiger partial charge >= 0.3 is 0 Å². The van der Waals surface area contributed by atoms with E-state index in [0.717, 1.165) is 0 Å². The molecule has 1 aromatic carbocycles. The third-order valence-electron chi connectivity index (χ3n) is 2.74. The minimum Gasteiger partial charge on any atom is -0.504 e. The number of rotatable bonds is 5. The van der Waals surface area contributed by atoms with Crippen LogP contribution in [0.5, 0.6) is 17.2 Å². The number of hydrogen-bond donors (Lipinski definition) is 2. The van der Waals surface area contributed by atoms with E-state index in [1.807, 2.05) is 6.92 Å². The number of amides is 1. The van der Waals surface area contributed by atoms with Crippen molar-refractivity contribution in [1.82, 2.24) is 4.98 Å². The van der Waals surface area contributed by atoms with E-state index in [9.17, 15) is 9.90 Å². The second-order valence-electron chi connectivity index (χ2n) is 4.12. The zero-order chi connectivity index (χ0) is 15.2. The smallest absolute Gasteiger partial charge is 0.257 e. The lowest BCUT2D eigenvalue weighted by Crippen LogP contribution is -2.13. The Morgan fingerprint density at radius 2 is 2.14 bits per heavy atom. The average molecular weight is 288 g/mol. The van der Waals surface area contributed by atoms with Gasteiger partial charge in [0.25, 0.3) is 5.91 Å². The molecule has 0 aliphatic rings. The van der Waals surface area contributed by atoms with E-state index in [-0.39, 0.29) is 11.6 Å². The minimum absolute atomic E-state index is 0.0932. The summed E-state index contributed by atoms with van der Waals surface area (Å²) in [5, 5.41) is 12.1. The summed E-state index contributed by atoms with van der Waals surface area (Å²) in [4.78, 5) is 16.1. The van der Waals surface area contributed by atoms with Crippen LogP contribution in [0.4, 0.5) is 5.82 Å². The number of aromatic hydroxyl groups is 1. The molecule has 2 rings (SSSR count). The number of carbonyl (C=O) groups is 1. The molecule has 0 aliphatic heterocycles. The molecule has 1 heterocycles. The van der Waals surface area contributed by atoms with Crippen LogP contribution in [0.25, 0.3) is 0 Å². The van der Waals surface area contributed by atoms with E-state index in [2.05, 4.69) is 10.3 Å². The molecule has 0 aliphatic carbocycles. The topological polar surface area (TPSA) is 80.7 Å². The molecule has 6 heteroatoms. The number of nitrogens with zero attached hydrogens (tertiary/aromatic N) is 1. The minimum atomic E-state index is -0.396. The number of methoxy groups -OCH3 is 1. The molecule has 1 amide bonds. The van der Waals surface area contributed by atoms with Crippen LogP contribution in [0.3, 0.4) is 0 Å². The number of hydrogen-bond acceptors (Lipinski definition) is 5. The highest BCUT2D eigenvalue weighted by atomic mass is 16.5. The number of benzene rings is 1. The van der Waals surface area contributed by atoms with Crippen LogP contribution in [0, 0.1) is 0 Å². The van der Waals surface area contributed by atoms with Gasteiger partial charge < -0.3 is 19.9 Å². The van der Waals surface area contributed by atoms with Crippen molar-refractivity contribution in [3.63, 3.8) is 0 Å². The monoisotopic (exact) mass is 288 g/mol. The van der Waals surface area contributed by atoms with Gasteiger partial charge in [0.1, 0.15) is 0 Å². The number of pyridine rings is 1. The number of nitrogens with one attached hydrogen (secondary N) is 1. The molecule has 0 spiro atoms. The Morgan fingerprint density at radius 1 is 1.33 bits per heavy atom. The van der Waals surface area contributed by atoms with Gasteiger partial charge in [-0.25, -0.2) is 4.98 Å². The summed E-state index contributed by atoms with van der Waals surface area (Å²) in [5.74, 6) is 0.653. The van der Waals surface area contributed by atoms with Gasteiger partial charge in [0.2, 0.25) is 0 Å². The highest BCUT2D eigenvalue weighted by Gasteiger charge is 2.13. The van der Waals surface area contributed by atoms with Gasteiger partial charge in [-0.15, -0.1) is 0 Å². The molecule has 1 aromatic heterocycles. The Bertz CT molecular complexity index is 643. The van der Waals surface area contributed by atoms with E-state index in [1.165, 1.54) is 19.4 Å². The van der Waals surface area contributed by atoms with Crippen molar-refractivity contribution in [1.29, 1.82) is 0 Å². The molecule has 0 radical (unpaired) electrons. The first-order chi connectivity index (χ1) is 10.2. The summed E-state index contributed by atoms with van der Waals surface area (Å²) >= 11 is 0. The van der Waals surface area contributed by atoms with Gasteiger partial charge in [-0.2, -0.15) is 0 Å². The molecular weight excluding hydrogens is 272 g/mol. The first kappa shape index (κ1) is 14.6. The van der Waals surface area contributed by atoms with Crippen LogP contribution < -0.4 is 14.8 Å². The Kier molecular flexibility index (Phi) is 4.61. The molecule has 2 N–H and O–H groups in total. The highest BCUT2D eigenvalue weighted by molar-refractivity contribution is 6.04. The third-order valence-corrected chi connectivity index (χ3v) is 2.74. The molecule has 2 aromatic rings. The first-order valence-corrected chi connectivity index (χ1v) is 6.42. The molecular formula is C15H16N2O4. The average Bonchev–Trinajstić information content (AvgIpc) is 2.50. The van der Waals surface area contributed by atoms with E-state index >= 15 is 0 Å². The Balaban J connectivity index is 2.23. The van der Waals surface area contributed by atoms with Crippen molar-refractivity contribution in [3.05, 3.63) is 42.1 Å². The van der Waals surface area contributed by atoms with E-state index in [1.54, 1.807) is 24.3 Å². The fourth-order valence-electron chi connectivity index (χ4n) is 1.76. The molecule has 0 bridgehead atoms. The predicted octanol–water partition coefficient (Wildman–Crippen LogP) is 2.45. The quantitative estimate of drug-likeness (QED) is 0.883. The van der Waals surface area contributed by atoms with Crippen molar-refractivity contribution in [2.45, 2.75) is 6.92 Å². The van der Waals surface area contributed by atoms with Gasteiger partial charge in [-0.1, -0.05) is 0 Å². The molecule has 0 fully saturated rings. The van der Waals surface area contributed by atoms with Gasteiger partial charge in [-0.3, -0.25) is 4.79 Å². The van der Waals surface area contributed by atoms with Gasteiger partial charge in [0, 0.05) is 11.8 Å². The van der Waals surface area contributed by atoms with E-state index in [0.29, 0.717) is 23.7 Å². The largest absolute Gasteiger partial charge is 0.504 e. The Hall–Kier alpha value is -2.76. The third kappa shape index (κ3) is 3.42. The van der Waals surface area contributed by atoms with Crippen LogP contribution in [-0.2, 0) is 0 Å². The standard InChI is InChI=1S/C15H16N2O4/c1-3-21-13-9-10(6-7-12(13)20-2)15(19)17-14-11(18)5-4-8-16-14/h4-9,18H,3H2,1-2H3,(H,16,17,19). The first-order valence-electron chi connectivity index (χ1n) is 6.42. The fourth-order valence-corrected chi connectivity index (χ4v) is 1.76. The van der Waals surface area contributed by atoms with Crippen LogP contribution in [0.2, 0.25) is 0 Å². The summed E-state index contributed by atoms with van der Waals surface area (Å²) in [7, 11) is 1.53. The summed E-state index contributed by atoms with van der Waals surface area (Å²) in [6.45, 7) is 2.31. The van der Waals surface area contributed by atoms with E-state index < -0.39 is 5.91 Å². The van der Waals surface area contributed by atoms with Crippen molar-refractivity contribution in [2.75, 3.05) is 19.0 Å². The lowest BCUT2D eigenvalue weighted by atomic mass is 10.2. The van der Waals surface area contributed by atoms with Crippen molar-refractivity contribution >= 4 is 11.7 Å². The van der Waals surface area contributed by atoms with Gasteiger partial charge in [0.15, 0.2) is 23.1 Å². The van der Waals surface area contributed by atoms with Crippen LogP contribution in [-0.4, -0.2) is 29.7 Å². The predicted molar refractivity (Wildman–Crippen MR) is 78.0 cm³/mol. The van der Waals surface area contributed by atoms with Gasteiger partial charge in [0.05, 0.1) is 13.7 Å². The number of anilines is 1. The molecule has 0 unspecified atom stereocenters. The normalized spacial score (nSPS) is 10.0. The van der Waals surface area contributed by atoms with Crippen molar-refractivity contribution in [3.8, 4) is 17.2 Å². The van der Waals surface area contributed by atoms with Crippen LogP contribution in [0.15, 0.2) is 36.5 Å². The maximum Gasteiger partial charge on any atom is 0.257 e. The molecule has 0 saturated heterocycles. The molecule has 0 atom stereocenters. The zero-order valence-corrected chi connectivity index (χ0v) is 11.8. The van der Waals surface area contributed by atoms with Gasteiger partial charge in [-0.05, 0) is 37.3 Å². The lowest BCUT2D eigenvalue weighted by molar-refractivity contribution is 0.102. The maximum atomic E-state index is 12.2. The summed E-state index contributed by atoms with van der Waals surface area (Å²) in [5.41, 5.74) is 0.379. The lowest BCUT2D eigenvalue weighted by Gasteiger charge is -2.11.